The number of rotatable bonds is 8. The van der Waals surface area contributed by atoms with E-state index in [0.717, 1.165) is 16.5 Å². The number of hydrogen-bond acceptors (Lipinski definition) is 4. The van der Waals surface area contributed by atoms with Crippen LogP contribution in [0.3, 0.4) is 0 Å². The van der Waals surface area contributed by atoms with Crippen molar-refractivity contribution in [3.63, 3.8) is 0 Å². The summed E-state index contributed by atoms with van der Waals surface area (Å²) in [5.74, 6) is 0.946. The third-order valence-electron chi connectivity index (χ3n) is 4.71. The van der Waals surface area contributed by atoms with E-state index in [-0.39, 0.29) is 11.2 Å². The number of carbonyl (C=O) groups excluding carboxylic acids is 1. The number of carbonyl (C=O) groups is 1. The van der Waals surface area contributed by atoms with E-state index < -0.39 is 0 Å². The number of likely N-dealkylation sites (N-methyl/N-ethyl adjacent to an activating group) is 1. The second-order valence-corrected chi connectivity index (χ2v) is 7.59. The summed E-state index contributed by atoms with van der Waals surface area (Å²) in [7, 11) is 0. The zero-order chi connectivity index (χ0) is 19.9. The molecule has 0 aliphatic carbocycles. The van der Waals surface area contributed by atoms with Crippen molar-refractivity contribution in [2.24, 2.45) is 0 Å². The fraction of sp³-hybridized carbons (Fsp3) is 0.318. The molecule has 0 N–H and O–H groups in total. The van der Waals surface area contributed by atoms with E-state index in [1.165, 1.54) is 17.3 Å². The Kier molecular flexibility index (Phi) is 6.87. The van der Waals surface area contributed by atoms with Gasteiger partial charge in [-0.15, -0.1) is 10.2 Å². The first-order chi connectivity index (χ1) is 13.6. The Labute approximate surface area is 170 Å². The van der Waals surface area contributed by atoms with E-state index in [2.05, 4.69) is 26.9 Å². The Hall–Kier alpha value is -2.60. The van der Waals surface area contributed by atoms with E-state index >= 15 is 0 Å². The second-order valence-electron chi connectivity index (χ2n) is 6.52. The van der Waals surface area contributed by atoms with Gasteiger partial charge in [-0.2, -0.15) is 0 Å². The minimum atomic E-state index is -0.348. The molecular formula is C22H26N4OS. The summed E-state index contributed by atoms with van der Waals surface area (Å²) in [6.07, 6.45) is 0. The van der Waals surface area contributed by atoms with Crippen molar-refractivity contribution >= 4 is 17.7 Å². The average molecular weight is 395 g/mol. The average Bonchev–Trinajstić information content (AvgIpc) is 3.07. The molecule has 0 spiro atoms. The molecule has 0 saturated carbocycles. The van der Waals surface area contributed by atoms with Crippen molar-refractivity contribution < 1.29 is 4.79 Å². The first-order valence-electron chi connectivity index (χ1n) is 9.58. The van der Waals surface area contributed by atoms with Gasteiger partial charge in [-0.1, -0.05) is 72.4 Å². The second kappa shape index (κ2) is 9.55. The third kappa shape index (κ3) is 4.62. The van der Waals surface area contributed by atoms with Crippen LogP contribution in [0.4, 0.5) is 0 Å². The number of hydrogen-bond donors (Lipinski definition) is 0. The molecule has 28 heavy (non-hydrogen) atoms. The Morgan fingerprint density at radius 3 is 2.21 bits per heavy atom. The van der Waals surface area contributed by atoms with Crippen LogP contribution in [-0.4, -0.2) is 38.7 Å². The van der Waals surface area contributed by atoms with Gasteiger partial charge in [0.1, 0.15) is 11.1 Å². The molecule has 0 aliphatic rings. The number of aromatic nitrogens is 3. The minimum absolute atomic E-state index is 0.105. The lowest BCUT2D eigenvalue weighted by atomic mass is 10.1. The maximum Gasteiger partial charge on any atom is 0.240 e. The molecule has 3 aromatic rings. The molecule has 0 unspecified atom stereocenters. The van der Waals surface area contributed by atoms with Crippen molar-refractivity contribution in [1.29, 1.82) is 0 Å². The lowest BCUT2D eigenvalue weighted by molar-refractivity contribution is -0.130. The predicted molar refractivity (Wildman–Crippen MR) is 113 cm³/mol. The van der Waals surface area contributed by atoms with Gasteiger partial charge in [0, 0.05) is 13.1 Å². The van der Waals surface area contributed by atoms with Gasteiger partial charge in [-0.3, -0.25) is 4.79 Å². The Balaban J connectivity index is 1.92. The van der Waals surface area contributed by atoms with Crippen LogP contribution >= 0.6 is 11.8 Å². The Bertz CT molecular complexity index is 891. The molecule has 0 fully saturated rings. The van der Waals surface area contributed by atoms with Gasteiger partial charge in [-0.25, -0.2) is 0 Å². The van der Waals surface area contributed by atoms with E-state index in [4.69, 9.17) is 0 Å². The molecule has 1 aromatic heterocycles. The lowest BCUT2D eigenvalue weighted by Crippen LogP contribution is -2.34. The van der Waals surface area contributed by atoms with Crippen LogP contribution in [0.1, 0.15) is 36.0 Å². The van der Waals surface area contributed by atoms with Crippen LogP contribution in [0.5, 0.6) is 0 Å². The summed E-state index contributed by atoms with van der Waals surface area (Å²) in [5.41, 5.74) is 2.16. The highest BCUT2D eigenvalue weighted by Gasteiger charge is 2.28. The van der Waals surface area contributed by atoms with Crippen molar-refractivity contribution in [2.75, 3.05) is 13.1 Å². The van der Waals surface area contributed by atoms with E-state index in [1.807, 2.05) is 74.2 Å². The first-order valence-corrected chi connectivity index (χ1v) is 10.5. The van der Waals surface area contributed by atoms with Gasteiger partial charge in [0.2, 0.25) is 5.91 Å². The highest BCUT2D eigenvalue weighted by atomic mass is 32.2. The molecule has 0 bridgehead atoms. The van der Waals surface area contributed by atoms with Crippen LogP contribution in [0.25, 0.3) is 0 Å². The van der Waals surface area contributed by atoms with Crippen molar-refractivity contribution in [1.82, 2.24) is 19.7 Å². The molecule has 1 atom stereocenters. The molecule has 0 aliphatic heterocycles. The van der Waals surface area contributed by atoms with Crippen LogP contribution in [0, 0.1) is 6.92 Å². The molecule has 0 saturated heterocycles. The van der Waals surface area contributed by atoms with Gasteiger partial charge < -0.3 is 9.47 Å². The Morgan fingerprint density at radius 2 is 1.61 bits per heavy atom. The number of nitrogens with zero attached hydrogens (tertiary/aromatic N) is 4. The van der Waals surface area contributed by atoms with Crippen LogP contribution < -0.4 is 0 Å². The molecule has 1 amide bonds. The minimum Gasteiger partial charge on any atom is -0.342 e. The summed E-state index contributed by atoms with van der Waals surface area (Å²) in [6, 6.07) is 20.1. The standard InChI is InChI=1S/C22H26N4OS/c1-4-25(5-2)21(27)20(19-14-10-7-11-15-19)28-22-24-23-17(3)26(22)16-18-12-8-6-9-13-18/h6-15,20H,4-5,16H2,1-3H3/t20-/m1/s1. The normalized spacial score (nSPS) is 12.0. The lowest BCUT2D eigenvalue weighted by Gasteiger charge is -2.25. The van der Waals surface area contributed by atoms with Crippen molar-refractivity contribution in [2.45, 2.75) is 37.7 Å². The van der Waals surface area contributed by atoms with E-state index in [1.54, 1.807) is 0 Å². The molecule has 1 heterocycles. The molecule has 6 heteroatoms. The van der Waals surface area contributed by atoms with Gasteiger partial charge in [0.25, 0.3) is 0 Å². The van der Waals surface area contributed by atoms with Gasteiger partial charge >= 0.3 is 0 Å². The largest absolute Gasteiger partial charge is 0.342 e. The fourth-order valence-electron chi connectivity index (χ4n) is 3.09. The molecule has 5 nitrogen and oxygen atoms in total. The molecular weight excluding hydrogens is 368 g/mol. The zero-order valence-corrected chi connectivity index (χ0v) is 17.4. The molecule has 146 valence electrons. The van der Waals surface area contributed by atoms with Crippen LogP contribution in [-0.2, 0) is 11.3 Å². The summed E-state index contributed by atoms with van der Waals surface area (Å²) in [6.45, 7) is 8.03. The van der Waals surface area contributed by atoms with Crippen molar-refractivity contribution in [3.8, 4) is 0 Å². The summed E-state index contributed by atoms with van der Waals surface area (Å²) in [5, 5.41) is 9.06. The number of benzene rings is 2. The molecule has 3 rings (SSSR count). The SMILES string of the molecule is CCN(CC)C(=O)[C@H](Sc1nnc(C)n1Cc1ccccc1)c1ccccc1. The molecule has 0 radical (unpaired) electrons. The maximum absolute atomic E-state index is 13.2. The fourth-order valence-corrected chi connectivity index (χ4v) is 4.26. The number of thioether (sulfide) groups is 1. The predicted octanol–water partition coefficient (Wildman–Crippen LogP) is 4.34. The van der Waals surface area contributed by atoms with Gasteiger partial charge in [0.05, 0.1) is 6.54 Å². The smallest absolute Gasteiger partial charge is 0.240 e. The first kappa shape index (κ1) is 20.1. The maximum atomic E-state index is 13.2. The van der Waals surface area contributed by atoms with E-state index in [0.29, 0.717) is 19.6 Å². The van der Waals surface area contributed by atoms with Crippen molar-refractivity contribution in [3.05, 3.63) is 77.6 Å². The Morgan fingerprint density at radius 1 is 1.00 bits per heavy atom. The zero-order valence-electron chi connectivity index (χ0n) is 16.6. The molecule has 2 aromatic carbocycles. The summed E-state index contributed by atoms with van der Waals surface area (Å²) >= 11 is 1.47. The third-order valence-corrected chi connectivity index (χ3v) is 5.93. The topological polar surface area (TPSA) is 51.0 Å². The monoisotopic (exact) mass is 394 g/mol. The number of amides is 1. The van der Waals surface area contributed by atoms with Gasteiger partial charge in [0.15, 0.2) is 5.16 Å². The van der Waals surface area contributed by atoms with E-state index in [9.17, 15) is 4.79 Å². The summed E-state index contributed by atoms with van der Waals surface area (Å²) < 4.78 is 2.07. The van der Waals surface area contributed by atoms with Crippen LogP contribution in [0.2, 0.25) is 0 Å². The quantitative estimate of drug-likeness (QED) is 0.534. The number of aryl methyl sites for hydroxylation is 1. The highest BCUT2D eigenvalue weighted by Crippen LogP contribution is 2.36. The van der Waals surface area contributed by atoms with Gasteiger partial charge in [-0.05, 0) is 31.9 Å². The summed E-state index contributed by atoms with van der Waals surface area (Å²) in [4.78, 5) is 15.1. The van der Waals surface area contributed by atoms with Crippen LogP contribution in [0.15, 0.2) is 65.8 Å². The highest BCUT2D eigenvalue weighted by molar-refractivity contribution is 8.00.